The van der Waals surface area contributed by atoms with Crippen molar-refractivity contribution < 1.29 is 9.84 Å². The molecule has 0 aromatic rings. The van der Waals surface area contributed by atoms with Crippen LogP contribution < -0.4 is 5.32 Å². The van der Waals surface area contributed by atoms with Crippen molar-refractivity contribution in [2.75, 3.05) is 26.9 Å². The number of nitrogens with one attached hydrogen (secondary N) is 1. The quantitative estimate of drug-likeness (QED) is 0.552. The Hall–Kier alpha value is -0.120. The summed E-state index contributed by atoms with van der Waals surface area (Å²) in [6.07, 6.45) is 0.702. The molecule has 0 aliphatic carbocycles. The molecule has 3 nitrogen and oxygen atoms in total. The van der Waals surface area contributed by atoms with Gasteiger partial charge in [0.1, 0.15) is 0 Å². The molecule has 0 aliphatic heterocycles. The number of rotatable bonds is 6. The Labute approximate surface area is 62.4 Å². The maximum atomic E-state index is 10.00. The summed E-state index contributed by atoms with van der Waals surface area (Å²) in [7, 11) is 1.67. The molecule has 0 saturated carbocycles. The molecule has 10 heavy (non-hydrogen) atoms. The Kier molecular flexibility index (Phi) is 6.91. The maximum Gasteiger partial charge on any atom is 0.0834 e. The van der Waals surface area contributed by atoms with Crippen molar-refractivity contribution in [2.45, 2.75) is 19.4 Å². The van der Waals surface area contributed by atoms with Crippen LogP contribution >= 0.6 is 0 Å². The predicted octanol–water partition coefficient (Wildman–Crippen LogP) is 0.431. The normalized spacial score (nSPS) is 13.5. The topological polar surface area (TPSA) is 41.2 Å². The van der Waals surface area contributed by atoms with Gasteiger partial charge in [-0.1, -0.05) is 0 Å². The molecule has 0 spiro atoms. The molecule has 0 aromatic heterocycles. The summed E-state index contributed by atoms with van der Waals surface area (Å²) in [4.78, 5) is 0. The van der Waals surface area contributed by atoms with E-state index >= 15 is 0 Å². The highest BCUT2D eigenvalue weighted by atomic mass is 16.5. The van der Waals surface area contributed by atoms with E-state index in [1.807, 2.05) is 6.92 Å². The summed E-state index contributed by atoms with van der Waals surface area (Å²) in [6, 6.07) is 0.358. The SMILES string of the molecule is COCC(C)NCCC[O]. The fourth-order valence-electron chi connectivity index (χ4n) is 0.730. The predicted molar refractivity (Wildman–Crippen MR) is 39.5 cm³/mol. The van der Waals surface area contributed by atoms with E-state index in [2.05, 4.69) is 5.32 Å². The van der Waals surface area contributed by atoms with Crippen LogP contribution in [-0.4, -0.2) is 32.9 Å². The summed E-state index contributed by atoms with van der Waals surface area (Å²) in [5, 5.41) is 13.2. The molecule has 0 aromatic carbocycles. The first-order chi connectivity index (χ1) is 4.81. The van der Waals surface area contributed by atoms with E-state index in [1.54, 1.807) is 7.11 Å². The van der Waals surface area contributed by atoms with Crippen LogP contribution in [0, 0.1) is 0 Å². The van der Waals surface area contributed by atoms with E-state index in [0.717, 1.165) is 6.54 Å². The van der Waals surface area contributed by atoms with Gasteiger partial charge in [-0.15, -0.1) is 0 Å². The average Bonchev–Trinajstić information content (AvgIpc) is 1.89. The minimum Gasteiger partial charge on any atom is -0.383 e. The third kappa shape index (κ3) is 6.01. The Balaban J connectivity index is 2.97. The molecule has 0 aliphatic rings. The van der Waals surface area contributed by atoms with E-state index in [0.29, 0.717) is 19.1 Å². The van der Waals surface area contributed by atoms with Gasteiger partial charge >= 0.3 is 0 Å². The minimum atomic E-state index is 0.00665. The summed E-state index contributed by atoms with van der Waals surface area (Å²) in [5.41, 5.74) is 0. The molecular formula is C7H16NO2. The average molecular weight is 146 g/mol. The van der Waals surface area contributed by atoms with Gasteiger partial charge < -0.3 is 10.1 Å². The van der Waals surface area contributed by atoms with Crippen LogP contribution in [-0.2, 0) is 9.84 Å². The fourth-order valence-corrected chi connectivity index (χ4v) is 0.730. The second-order valence-electron chi connectivity index (χ2n) is 2.37. The Morgan fingerprint density at radius 1 is 1.60 bits per heavy atom. The van der Waals surface area contributed by atoms with Crippen molar-refractivity contribution in [1.29, 1.82) is 0 Å². The first-order valence-electron chi connectivity index (χ1n) is 3.61. The van der Waals surface area contributed by atoms with Crippen molar-refractivity contribution in [1.82, 2.24) is 5.32 Å². The summed E-state index contributed by atoms with van der Waals surface area (Å²) < 4.78 is 4.89. The second-order valence-corrected chi connectivity index (χ2v) is 2.37. The summed E-state index contributed by atoms with van der Waals surface area (Å²) in [5.74, 6) is 0. The zero-order valence-corrected chi connectivity index (χ0v) is 6.72. The van der Waals surface area contributed by atoms with Gasteiger partial charge in [-0.2, -0.15) is 0 Å². The van der Waals surface area contributed by atoms with Crippen molar-refractivity contribution >= 4 is 0 Å². The minimum absolute atomic E-state index is 0.00665. The molecule has 0 amide bonds. The Morgan fingerprint density at radius 2 is 2.30 bits per heavy atom. The number of methoxy groups -OCH3 is 1. The maximum absolute atomic E-state index is 10.00. The lowest BCUT2D eigenvalue weighted by Crippen LogP contribution is -2.31. The van der Waals surface area contributed by atoms with Gasteiger partial charge in [-0.3, -0.25) is 0 Å². The lowest BCUT2D eigenvalue weighted by molar-refractivity contribution is 0.163. The largest absolute Gasteiger partial charge is 0.383 e. The van der Waals surface area contributed by atoms with Gasteiger partial charge in [0.2, 0.25) is 0 Å². The molecule has 1 radical (unpaired) electrons. The van der Waals surface area contributed by atoms with Gasteiger partial charge in [-0.25, -0.2) is 5.11 Å². The van der Waals surface area contributed by atoms with E-state index in [-0.39, 0.29) is 6.61 Å². The molecule has 1 N–H and O–H groups in total. The van der Waals surface area contributed by atoms with E-state index in [4.69, 9.17) is 4.74 Å². The molecule has 1 atom stereocenters. The number of ether oxygens (including phenoxy) is 1. The molecule has 0 heterocycles. The lowest BCUT2D eigenvalue weighted by atomic mass is 10.3. The molecule has 3 heteroatoms. The van der Waals surface area contributed by atoms with Gasteiger partial charge in [-0.05, 0) is 19.9 Å². The van der Waals surface area contributed by atoms with Crippen molar-refractivity contribution in [3.05, 3.63) is 0 Å². The first kappa shape index (κ1) is 9.88. The Bertz CT molecular complexity index is 68.6. The molecule has 0 bridgehead atoms. The first-order valence-corrected chi connectivity index (χ1v) is 3.61. The molecule has 0 saturated heterocycles. The monoisotopic (exact) mass is 146 g/mol. The van der Waals surface area contributed by atoms with Gasteiger partial charge in [0.25, 0.3) is 0 Å². The zero-order valence-electron chi connectivity index (χ0n) is 6.72. The molecular weight excluding hydrogens is 130 g/mol. The zero-order chi connectivity index (χ0) is 7.82. The van der Waals surface area contributed by atoms with Gasteiger partial charge in [0.15, 0.2) is 0 Å². The molecule has 1 unspecified atom stereocenters. The highest BCUT2D eigenvalue weighted by Crippen LogP contribution is 1.82. The van der Waals surface area contributed by atoms with E-state index in [9.17, 15) is 5.11 Å². The standard InChI is InChI=1S/C7H16NO2/c1-7(6-10-2)8-4-3-5-9/h7-8H,3-6H2,1-2H3. The van der Waals surface area contributed by atoms with Crippen LogP contribution in [0.15, 0.2) is 0 Å². The van der Waals surface area contributed by atoms with Crippen LogP contribution in [0.2, 0.25) is 0 Å². The van der Waals surface area contributed by atoms with Gasteiger partial charge in [0.05, 0.1) is 13.2 Å². The summed E-state index contributed by atoms with van der Waals surface area (Å²) in [6.45, 7) is 3.55. The van der Waals surface area contributed by atoms with Gasteiger partial charge in [0, 0.05) is 13.2 Å². The number of hydrogen-bond acceptors (Lipinski definition) is 2. The van der Waals surface area contributed by atoms with Crippen molar-refractivity contribution in [3.8, 4) is 0 Å². The third-order valence-corrected chi connectivity index (χ3v) is 1.23. The van der Waals surface area contributed by atoms with Crippen LogP contribution in [0.4, 0.5) is 0 Å². The Morgan fingerprint density at radius 3 is 2.80 bits per heavy atom. The smallest absolute Gasteiger partial charge is 0.0834 e. The van der Waals surface area contributed by atoms with E-state index in [1.165, 1.54) is 0 Å². The third-order valence-electron chi connectivity index (χ3n) is 1.23. The van der Waals surface area contributed by atoms with Crippen LogP contribution in [0.25, 0.3) is 0 Å². The highest BCUT2D eigenvalue weighted by Gasteiger charge is 1.97. The molecule has 61 valence electrons. The van der Waals surface area contributed by atoms with Crippen molar-refractivity contribution in [2.24, 2.45) is 0 Å². The van der Waals surface area contributed by atoms with Crippen LogP contribution in [0.3, 0.4) is 0 Å². The number of hydrogen-bond donors (Lipinski definition) is 1. The van der Waals surface area contributed by atoms with Crippen molar-refractivity contribution in [3.63, 3.8) is 0 Å². The highest BCUT2D eigenvalue weighted by molar-refractivity contribution is 4.57. The molecule has 0 rings (SSSR count). The van der Waals surface area contributed by atoms with Crippen LogP contribution in [0.5, 0.6) is 0 Å². The fraction of sp³-hybridized carbons (Fsp3) is 1.00. The second kappa shape index (κ2) is 6.99. The summed E-state index contributed by atoms with van der Waals surface area (Å²) >= 11 is 0. The van der Waals surface area contributed by atoms with Crippen LogP contribution in [0.1, 0.15) is 13.3 Å². The van der Waals surface area contributed by atoms with E-state index < -0.39 is 0 Å². The molecule has 0 fully saturated rings. The lowest BCUT2D eigenvalue weighted by Gasteiger charge is -2.10.